The minimum Gasteiger partial charge on any atom is -0.351 e. The molecule has 0 aromatic heterocycles. The second-order valence-corrected chi connectivity index (χ2v) is 5.42. The Bertz CT molecular complexity index is 610. The zero-order valence-electron chi connectivity index (χ0n) is 12.1. The van der Waals surface area contributed by atoms with Crippen LogP contribution in [0.5, 0.6) is 0 Å². The number of carbonyl (C=O) groups is 1. The van der Waals surface area contributed by atoms with Crippen molar-refractivity contribution >= 4 is 5.91 Å². The normalized spacial score (nSPS) is 14.5. The van der Waals surface area contributed by atoms with E-state index in [9.17, 15) is 4.79 Å². The maximum atomic E-state index is 12.0. The average molecular weight is 280 g/mol. The molecular formula is C18H20N2O. The minimum atomic E-state index is 0.00742. The molecule has 0 spiro atoms. The summed E-state index contributed by atoms with van der Waals surface area (Å²) >= 11 is 0. The summed E-state index contributed by atoms with van der Waals surface area (Å²) in [7, 11) is 0. The number of fused-ring (bicyclic) bond motifs is 1. The molecule has 21 heavy (non-hydrogen) atoms. The van der Waals surface area contributed by atoms with E-state index in [1.54, 1.807) is 0 Å². The van der Waals surface area contributed by atoms with Crippen molar-refractivity contribution in [3.8, 4) is 0 Å². The number of hydrogen-bond acceptors (Lipinski definition) is 2. The fourth-order valence-corrected chi connectivity index (χ4v) is 2.76. The molecule has 0 saturated carbocycles. The number of amides is 1. The van der Waals surface area contributed by atoms with E-state index < -0.39 is 0 Å². The molecule has 0 saturated heterocycles. The van der Waals surface area contributed by atoms with Crippen LogP contribution >= 0.6 is 0 Å². The molecule has 1 aliphatic heterocycles. The first-order valence-electron chi connectivity index (χ1n) is 7.45. The molecule has 0 aliphatic carbocycles. The Kier molecular flexibility index (Phi) is 4.31. The Morgan fingerprint density at radius 2 is 1.71 bits per heavy atom. The Hall–Kier alpha value is -2.13. The topological polar surface area (TPSA) is 32.3 Å². The molecular weight excluding hydrogens is 260 g/mol. The predicted octanol–water partition coefficient (Wildman–Crippen LogP) is 2.47. The molecule has 0 radical (unpaired) electrons. The van der Waals surface area contributed by atoms with Crippen LogP contribution in [0.25, 0.3) is 0 Å². The smallest absolute Gasteiger partial charge is 0.251 e. The maximum absolute atomic E-state index is 12.0. The van der Waals surface area contributed by atoms with E-state index in [4.69, 9.17) is 0 Å². The molecule has 3 nitrogen and oxygen atoms in total. The third-order valence-corrected chi connectivity index (χ3v) is 3.96. The largest absolute Gasteiger partial charge is 0.351 e. The maximum Gasteiger partial charge on any atom is 0.251 e. The van der Waals surface area contributed by atoms with Crippen LogP contribution in [0.3, 0.4) is 0 Å². The minimum absolute atomic E-state index is 0.00742. The van der Waals surface area contributed by atoms with Crippen LogP contribution in [-0.4, -0.2) is 30.4 Å². The third-order valence-electron chi connectivity index (χ3n) is 3.96. The van der Waals surface area contributed by atoms with Crippen molar-refractivity contribution in [3.63, 3.8) is 0 Å². The summed E-state index contributed by atoms with van der Waals surface area (Å²) in [5.41, 5.74) is 3.60. The summed E-state index contributed by atoms with van der Waals surface area (Å²) in [5, 5.41) is 2.99. The van der Waals surface area contributed by atoms with Crippen molar-refractivity contribution in [2.75, 3.05) is 19.6 Å². The van der Waals surface area contributed by atoms with Crippen LogP contribution in [0.15, 0.2) is 54.6 Å². The first-order chi connectivity index (χ1) is 10.3. The summed E-state index contributed by atoms with van der Waals surface area (Å²) in [6, 6.07) is 18.0. The van der Waals surface area contributed by atoms with Crippen molar-refractivity contribution < 1.29 is 4.79 Å². The lowest BCUT2D eigenvalue weighted by Gasteiger charge is -2.28. The van der Waals surface area contributed by atoms with Gasteiger partial charge in [0.05, 0.1) is 0 Å². The number of nitrogens with zero attached hydrogens (tertiary/aromatic N) is 1. The molecule has 1 heterocycles. The van der Waals surface area contributed by atoms with Crippen LogP contribution in [0, 0.1) is 0 Å². The van der Waals surface area contributed by atoms with Gasteiger partial charge in [0, 0.05) is 31.7 Å². The lowest BCUT2D eigenvalue weighted by Crippen LogP contribution is -2.37. The van der Waals surface area contributed by atoms with Crippen LogP contribution in [0.4, 0.5) is 0 Å². The summed E-state index contributed by atoms with van der Waals surface area (Å²) in [4.78, 5) is 14.4. The molecule has 2 aromatic carbocycles. The number of benzene rings is 2. The number of carbonyl (C=O) groups excluding carboxylic acids is 1. The summed E-state index contributed by atoms with van der Waals surface area (Å²) < 4.78 is 0. The van der Waals surface area contributed by atoms with E-state index in [1.807, 2.05) is 30.3 Å². The SMILES string of the molecule is O=C(NCCN1CCc2ccccc2C1)c1ccccc1. The van der Waals surface area contributed by atoms with Crippen LogP contribution in [0.1, 0.15) is 21.5 Å². The van der Waals surface area contributed by atoms with Gasteiger partial charge in [-0.2, -0.15) is 0 Å². The highest BCUT2D eigenvalue weighted by molar-refractivity contribution is 5.94. The van der Waals surface area contributed by atoms with E-state index in [1.165, 1.54) is 11.1 Å². The van der Waals surface area contributed by atoms with Gasteiger partial charge in [0.25, 0.3) is 5.91 Å². The third kappa shape index (κ3) is 3.50. The average Bonchev–Trinajstić information content (AvgIpc) is 2.55. The first kappa shape index (κ1) is 13.8. The molecule has 3 rings (SSSR count). The van der Waals surface area contributed by atoms with Gasteiger partial charge in [-0.3, -0.25) is 9.69 Å². The van der Waals surface area contributed by atoms with Gasteiger partial charge in [0.2, 0.25) is 0 Å². The van der Waals surface area contributed by atoms with Crippen LogP contribution < -0.4 is 5.32 Å². The van der Waals surface area contributed by atoms with E-state index in [0.29, 0.717) is 6.54 Å². The molecule has 1 aliphatic rings. The van der Waals surface area contributed by atoms with E-state index in [2.05, 4.69) is 34.5 Å². The Morgan fingerprint density at radius 1 is 1.00 bits per heavy atom. The molecule has 0 atom stereocenters. The lowest BCUT2D eigenvalue weighted by molar-refractivity contribution is 0.0947. The van der Waals surface area contributed by atoms with Gasteiger partial charge in [-0.25, -0.2) is 0 Å². The van der Waals surface area contributed by atoms with Gasteiger partial charge in [-0.05, 0) is 29.7 Å². The quantitative estimate of drug-likeness (QED) is 0.933. The van der Waals surface area contributed by atoms with Crippen molar-refractivity contribution in [1.29, 1.82) is 0 Å². The molecule has 0 unspecified atom stereocenters. The fraction of sp³-hybridized carbons (Fsp3) is 0.278. The molecule has 0 fully saturated rings. The zero-order valence-corrected chi connectivity index (χ0v) is 12.1. The fourth-order valence-electron chi connectivity index (χ4n) is 2.76. The molecule has 0 bridgehead atoms. The van der Waals surface area contributed by atoms with E-state index in [-0.39, 0.29) is 5.91 Å². The number of rotatable bonds is 4. The molecule has 1 amide bonds. The van der Waals surface area contributed by atoms with Gasteiger partial charge < -0.3 is 5.32 Å². The highest BCUT2D eigenvalue weighted by Crippen LogP contribution is 2.17. The second kappa shape index (κ2) is 6.55. The van der Waals surface area contributed by atoms with Crippen molar-refractivity contribution in [2.45, 2.75) is 13.0 Å². The summed E-state index contributed by atoms with van der Waals surface area (Å²) in [5.74, 6) is 0.00742. The summed E-state index contributed by atoms with van der Waals surface area (Å²) in [6.45, 7) is 3.64. The van der Waals surface area contributed by atoms with Crippen molar-refractivity contribution in [3.05, 3.63) is 71.3 Å². The highest BCUT2D eigenvalue weighted by atomic mass is 16.1. The lowest BCUT2D eigenvalue weighted by atomic mass is 10.00. The van der Waals surface area contributed by atoms with Gasteiger partial charge in [0.1, 0.15) is 0 Å². The first-order valence-corrected chi connectivity index (χ1v) is 7.45. The Labute approximate surface area is 125 Å². The molecule has 2 aromatic rings. The highest BCUT2D eigenvalue weighted by Gasteiger charge is 2.15. The Balaban J connectivity index is 1.48. The Morgan fingerprint density at radius 3 is 2.52 bits per heavy atom. The molecule has 108 valence electrons. The standard InChI is InChI=1S/C18H20N2O/c21-18(16-7-2-1-3-8-16)19-11-13-20-12-10-15-6-4-5-9-17(15)14-20/h1-9H,10-14H2,(H,19,21). The second-order valence-electron chi connectivity index (χ2n) is 5.42. The van der Waals surface area contributed by atoms with Gasteiger partial charge in [0.15, 0.2) is 0 Å². The number of hydrogen-bond donors (Lipinski definition) is 1. The zero-order chi connectivity index (χ0) is 14.5. The molecule has 3 heteroatoms. The summed E-state index contributed by atoms with van der Waals surface area (Å²) in [6.07, 6.45) is 1.10. The molecule has 1 N–H and O–H groups in total. The van der Waals surface area contributed by atoms with Crippen LogP contribution in [-0.2, 0) is 13.0 Å². The predicted molar refractivity (Wildman–Crippen MR) is 84.2 cm³/mol. The van der Waals surface area contributed by atoms with Gasteiger partial charge in [-0.1, -0.05) is 42.5 Å². The van der Waals surface area contributed by atoms with E-state index in [0.717, 1.165) is 31.6 Å². The monoisotopic (exact) mass is 280 g/mol. The van der Waals surface area contributed by atoms with Crippen molar-refractivity contribution in [1.82, 2.24) is 10.2 Å². The number of nitrogens with one attached hydrogen (secondary N) is 1. The van der Waals surface area contributed by atoms with E-state index >= 15 is 0 Å². The van der Waals surface area contributed by atoms with Gasteiger partial charge in [-0.15, -0.1) is 0 Å². The van der Waals surface area contributed by atoms with Crippen molar-refractivity contribution in [2.24, 2.45) is 0 Å². The van der Waals surface area contributed by atoms with Crippen LogP contribution in [0.2, 0.25) is 0 Å². The van der Waals surface area contributed by atoms with Gasteiger partial charge >= 0.3 is 0 Å².